The van der Waals surface area contributed by atoms with Crippen LogP contribution in [0.1, 0.15) is 42.1 Å². The molecule has 0 spiro atoms. The second-order valence-electron chi connectivity index (χ2n) is 6.16. The first-order valence-electron chi connectivity index (χ1n) is 8.37. The number of benzene rings is 1. The molecule has 5 nitrogen and oxygen atoms in total. The van der Waals surface area contributed by atoms with Crippen molar-refractivity contribution in [1.29, 1.82) is 0 Å². The third kappa shape index (κ3) is 5.44. The number of ketones is 1. The van der Waals surface area contributed by atoms with E-state index in [4.69, 9.17) is 0 Å². The summed E-state index contributed by atoms with van der Waals surface area (Å²) in [5.41, 5.74) is 1.89. The number of amides is 1. The molecule has 0 saturated carbocycles. The molecular weight excluding hydrogens is 292 g/mol. The van der Waals surface area contributed by atoms with Gasteiger partial charge in [0.25, 0.3) is 0 Å². The van der Waals surface area contributed by atoms with Gasteiger partial charge in [-0.05, 0) is 12.0 Å². The van der Waals surface area contributed by atoms with Crippen LogP contribution < -0.4 is 10.6 Å². The number of aliphatic hydroxyl groups is 1. The number of rotatable bonds is 8. The van der Waals surface area contributed by atoms with E-state index >= 15 is 0 Å². The van der Waals surface area contributed by atoms with Crippen molar-refractivity contribution < 1.29 is 14.7 Å². The van der Waals surface area contributed by atoms with Crippen molar-refractivity contribution in [1.82, 2.24) is 10.6 Å². The van der Waals surface area contributed by atoms with Crippen LogP contribution in [0.3, 0.4) is 0 Å². The summed E-state index contributed by atoms with van der Waals surface area (Å²) in [4.78, 5) is 23.9. The lowest BCUT2D eigenvalue weighted by atomic mass is 10.0. The van der Waals surface area contributed by atoms with Gasteiger partial charge in [0.15, 0.2) is 5.78 Å². The van der Waals surface area contributed by atoms with Crippen LogP contribution in [0.4, 0.5) is 0 Å². The Morgan fingerprint density at radius 1 is 1.22 bits per heavy atom. The fraction of sp³-hybridized carbons (Fsp3) is 0.556. The zero-order valence-electron chi connectivity index (χ0n) is 13.7. The minimum absolute atomic E-state index is 0.00855. The van der Waals surface area contributed by atoms with E-state index in [2.05, 4.69) is 17.6 Å². The maximum atomic E-state index is 12.1. The molecule has 1 aliphatic heterocycles. The maximum Gasteiger partial charge on any atom is 0.220 e. The Labute approximate surface area is 137 Å². The molecule has 0 aliphatic carbocycles. The summed E-state index contributed by atoms with van der Waals surface area (Å²) < 4.78 is 0. The Morgan fingerprint density at radius 3 is 2.57 bits per heavy atom. The second-order valence-corrected chi connectivity index (χ2v) is 6.16. The van der Waals surface area contributed by atoms with Gasteiger partial charge in [-0.25, -0.2) is 0 Å². The molecule has 0 radical (unpaired) electrons. The Bertz CT molecular complexity index is 528. The quantitative estimate of drug-likeness (QED) is 0.631. The number of hydrogen-bond donors (Lipinski definition) is 3. The van der Waals surface area contributed by atoms with Crippen LogP contribution in [0.15, 0.2) is 24.3 Å². The van der Waals surface area contributed by atoms with Gasteiger partial charge in [0.2, 0.25) is 5.91 Å². The normalized spacial score (nSPS) is 20.4. The van der Waals surface area contributed by atoms with Gasteiger partial charge in [-0.3, -0.25) is 9.59 Å². The molecule has 1 saturated heterocycles. The van der Waals surface area contributed by atoms with Crippen LogP contribution in [0.25, 0.3) is 0 Å². The molecule has 3 N–H and O–H groups in total. The highest BCUT2D eigenvalue weighted by Crippen LogP contribution is 2.10. The third-order valence-corrected chi connectivity index (χ3v) is 4.26. The molecule has 1 fully saturated rings. The lowest BCUT2D eigenvalue weighted by Crippen LogP contribution is -2.34. The van der Waals surface area contributed by atoms with Crippen molar-refractivity contribution in [3.8, 4) is 0 Å². The molecule has 2 atom stereocenters. The zero-order valence-corrected chi connectivity index (χ0v) is 13.7. The first-order valence-corrected chi connectivity index (χ1v) is 8.37. The molecule has 0 aromatic heterocycles. The van der Waals surface area contributed by atoms with Crippen LogP contribution in [-0.4, -0.2) is 42.5 Å². The van der Waals surface area contributed by atoms with E-state index in [0.29, 0.717) is 25.2 Å². The molecule has 1 aliphatic rings. The second kappa shape index (κ2) is 8.79. The topological polar surface area (TPSA) is 78.4 Å². The van der Waals surface area contributed by atoms with Crippen LogP contribution in [0.5, 0.6) is 0 Å². The first-order chi connectivity index (χ1) is 11.1. The largest absolute Gasteiger partial charge is 0.391 e. The monoisotopic (exact) mass is 318 g/mol. The van der Waals surface area contributed by atoms with Gasteiger partial charge < -0.3 is 15.7 Å². The van der Waals surface area contributed by atoms with Crippen molar-refractivity contribution >= 4 is 11.7 Å². The van der Waals surface area contributed by atoms with Crippen molar-refractivity contribution in [2.24, 2.45) is 5.92 Å². The van der Waals surface area contributed by atoms with Crippen LogP contribution in [-0.2, 0) is 11.2 Å². The molecule has 2 unspecified atom stereocenters. The van der Waals surface area contributed by atoms with Crippen LogP contribution >= 0.6 is 0 Å². The van der Waals surface area contributed by atoms with Crippen LogP contribution in [0.2, 0.25) is 0 Å². The van der Waals surface area contributed by atoms with Gasteiger partial charge in [-0.2, -0.15) is 0 Å². The predicted octanol–water partition coefficient (Wildman–Crippen LogP) is 1.30. The summed E-state index contributed by atoms with van der Waals surface area (Å²) in [7, 11) is 0. The summed E-state index contributed by atoms with van der Waals surface area (Å²) >= 11 is 0. The number of aliphatic hydroxyl groups excluding tert-OH is 1. The van der Waals surface area contributed by atoms with Crippen molar-refractivity contribution in [2.75, 3.05) is 19.6 Å². The SMILES string of the molecule is CCCc1ccc(C(=O)CCC(=O)NCC2CNCC2O)cc1. The number of β-amino-alcohol motifs (C(OH)–C–C–N with tert-alkyl or cyclic N) is 1. The molecule has 126 valence electrons. The molecule has 2 rings (SSSR count). The van der Waals surface area contributed by atoms with Crippen molar-refractivity contribution in [2.45, 2.75) is 38.7 Å². The minimum atomic E-state index is -0.404. The highest BCUT2D eigenvalue weighted by atomic mass is 16.3. The van der Waals surface area contributed by atoms with E-state index < -0.39 is 6.10 Å². The van der Waals surface area contributed by atoms with E-state index in [-0.39, 0.29) is 30.4 Å². The number of carbonyl (C=O) groups is 2. The highest BCUT2D eigenvalue weighted by molar-refractivity contribution is 5.97. The standard InChI is InChI=1S/C18H26N2O3/c1-2-3-13-4-6-14(7-5-13)16(21)8-9-18(23)20-11-15-10-19-12-17(15)22/h4-7,15,17,19,22H,2-3,8-12H2,1H3,(H,20,23). The lowest BCUT2D eigenvalue weighted by molar-refractivity contribution is -0.121. The number of Topliss-reactive ketones (excluding diaryl/α,β-unsaturated/α-hetero) is 1. The summed E-state index contributed by atoms with van der Waals surface area (Å²) in [5.74, 6) is -0.0911. The van der Waals surface area contributed by atoms with Gasteiger partial charge >= 0.3 is 0 Å². The molecule has 1 aromatic carbocycles. The van der Waals surface area contributed by atoms with E-state index in [1.807, 2.05) is 24.3 Å². The van der Waals surface area contributed by atoms with Crippen molar-refractivity contribution in [3.63, 3.8) is 0 Å². The number of aryl methyl sites for hydroxylation is 1. The first kappa shape index (κ1) is 17.6. The van der Waals surface area contributed by atoms with E-state index in [1.54, 1.807) is 0 Å². The zero-order chi connectivity index (χ0) is 16.7. The Morgan fingerprint density at radius 2 is 1.96 bits per heavy atom. The molecule has 5 heteroatoms. The fourth-order valence-electron chi connectivity index (χ4n) is 2.78. The van der Waals surface area contributed by atoms with Gasteiger partial charge in [-0.1, -0.05) is 37.6 Å². The van der Waals surface area contributed by atoms with Gasteiger partial charge in [0.05, 0.1) is 6.10 Å². The van der Waals surface area contributed by atoms with E-state index in [0.717, 1.165) is 12.8 Å². The molecule has 1 heterocycles. The van der Waals surface area contributed by atoms with Gasteiger partial charge in [0.1, 0.15) is 0 Å². The number of hydrogen-bond acceptors (Lipinski definition) is 4. The molecule has 1 aromatic rings. The van der Waals surface area contributed by atoms with Crippen LogP contribution in [0, 0.1) is 5.92 Å². The molecule has 1 amide bonds. The molecule has 0 bridgehead atoms. The summed E-state index contributed by atoms with van der Waals surface area (Å²) in [5, 5.41) is 15.5. The third-order valence-electron chi connectivity index (χ3n) is 4.26. The minimum Gasteiger partial charge on any atom is -0.391 e. The Kier molecular flexibility index (Phi) is 6.74. The van der Waals surface area contributed by atoms with E-state index in [9.17, 15) is 14.7 Å². The summed E-state index contributed by atoms with van der Waals surface area (Å²) in [6.07, 6.45) is 2.09. The molecular formula is C18H26N2O3. The highest BCUT2D eigenvalue weighted by Gasteiger charge is 2.24. The maximum absolute atomic E-state index is 12.1. The Hall–Kier alpha value is -1.72. The fourth-order valence-corrected chi connectivity index (χ4v) is 2.78. The summed E-state index contributed by atoms with van der Waals surface area (Å²) in [6.45, 7) is 3.86. The summed E-state index contributed by atoms with van der Waals surface area (Å²) in [6, 6.07) is 7.63. The average molecular weight is 318 g/mol. The van der Waals surface area contributed by atoms with E-state index in [1.165, 1.54) is 5.56 Å². The number of carbonyl (C=O) groups excluding carboxylic acids is 2. The Balaban J connectivity index is 1.71. The molecule has 23 heavy (non-hydrogen) atoms. The smallest absolute Gasteiger partial charge is 0.220 e. The average Bonchev–Trinajstić information content (AvgIpc) is 2.97. The van der Waals surface area contributed by atoms with Gasteiger partial charge in [-0.15, -0.1) is 0 Å². The van der Waals surface area contributed by atoms with Gasteiger partial charge in [0, 0.05) is 44.0 Å². The number of nitrogens with one attached hydrogen (secondary N) is 2. The predicted molar refractivity (Wildman–Crippen MR) is 89.4 cm³/mol. The lowest BCUT2D eigenvalue weighted by Gasteiger charge is -2.13. The van der Waals surface area contributed by atoms with Crippen molar-refractivity contribution in [3.05, 3.63) is 35.4 Å².